The van der Waals surface area contributed by atoms with Crippen LogP contribution in [-0.2, 0) is 14.3 Å². The zero-order valence-corrected chi connectivity index (χ0v) is 10.8. The van der Waals surface area contributed by atoms with Gasteiger partial charge >= 0.3 is 11.9 Å². The standard InChI is InChI=1S/C11H21NO5/c1-5-17-10(16)11(3,9(14)15)12(4)7-6-8(2)13/h8,13H,5-7H2,1-4H3,(H,14,15). The third-order valence-electron chi connectivity index (χ3n) is 2.74. The van der Waals surface area contributed by atoms with Crippen molar-refractivity contribution in [3.63, 3.8) is 0 Å². The molecular formula is C11H21NO5. The number of hydrogen-bond acceptors (Lipinski definition) is 5. The highest BCUT2D eigenvalue weighted by Crippen LogP contribution is 2.17. The Morgan fingerprint density at radius 1 is 1.47 bits per heavy atom. The molecule has 0 spiro atoms. The molecule has 0 fully saturated rings. The van der Waals surface area contributed by atoms with Gasteiger partial charge in [-0.3, -0.25) is 4.90 Å². The lowest BCUT2D eigenvalue weighted by atomic mass is 10.0. The van der Waals surface area contributed by atoms with Gasteiger partial charge in [0.1, 0.15) is 0 Å². The summed E-state index contributed by atoms with van der Waals surface area (Å²) in [5, 5.41) is 18.3. The quantitative estimate of drug-likeness (QED) is 0.490. The molecule has 0 bridgehead atoms. The molecule has 0 saturated heterocycles. The van der Waals surface area contributed by atoms with Gasteiger partial charge in [0.05, 0.1) is 12.7 Å². The average molecular weight is 247 g/mol. The molecule has 0 aliphatic carbocycles. The minimum atomic E-state index is -1.72. The van der Waals surface area contributed by atoms with Gasteiger partial charge in [0, 0.05) is 6.54 Å². The fourth-order valence-electron chi connectivity index (χ4n) is 1.28. The molecule has 0 amide bonds. The van der Waals surface area contributed by atoms with Gasteiger partial charge in [-0.15, -0.1) is 0 Å². The summed E-state index contributed by atoms with van der Waals surface area (Å²) in [7, 11) is 1.52. The van der Waals surface area contributed by atoms with Crippen LogP contribution in [0.2, 0.25) is 0 Å². The number of rotatable bonds is 7. The maximum absolute atomic E-state index is 11.7. The summed E-state index contributed by atoms with van der Waals surface area (Å²) in [5.74, 6) is -2.05. The molecule has 6 nitrogen and oxygen atoms in total. The highest BCUT2D eigenvalue weighted by Gasteiger charge is 2.46. The topological polar surface area (TPSA) is 87.1 Å². The summed E-state index contributed by atoms with van der Waals surface area (Å²) >= 11 is 0. The van der Waals surface area contributed by atoms with Crippen LogP contribution in [0.15, 0.2) is 0 Å². The number of ether oxygens (including phenoxy) is 1. The number of nitrogens with zero attached hydrogens (tertiary/aromatic N) is 1. The van der Waals surface area contributed by atoms with Crippen molar-refractivity contribution in [1.29, 1.82) is 0 Å². The third-order valence-corrected chi connectivity index (χ3v) is 2.74. The molecule has 2 atom stereocenters. The van der Waals surface area contributed by atoms with Gasteiger partial charge in [0.25, 0.3) is 0 Å². The molecule has 0 rings (SSSR count). The molecule has 0 aromatic carbocycles. The van der Waals surface area contributed by atoms with Crippen molar-refractivity contribution in [2.75, 3.05) is 20.2 Å². The first-order chi connectivity index (χ1) is 7.76. The van der Waals surface area contributed by atoms with Gasteiger partial charge in [0.2, 0.25) is 5.54 Å². The Morgan fingerprint density at radius 3 is 2.35 bits per heavy atom. The fraction of sp³-hybridized carbons (Fsp3) is 0.818. The minimum absolute atomic E-state index is 0.131. The van der Waals surface area contributed by atoms with Crippen molar-refractivity contribution in [1.82, 2.24) is 4.90 Å². The van der Waals surface area contributed by atoms with Gasteiger partial charge in [-0.25, -0.2) is 9.59 Å². The number of aliphatic hydroxyl groups is 1. The van der Waals surface area contributed by atoms with Crippen molar-refractivity contribution >= 4 is 11.9 Å². The van der Waals surface area contributed by atoms with Crippen LogP contribution in [0.1, 0.15) is 27.2 Å². The predicted octanol–water partition coefficient (Wildman–Crippen LogP) is 0.0955. The second-order valence-corrected chi connectivity index (χ2v) is 4.16. The van der Waals surface area contributed by atoms with E-state index in [1.807, 2.05) is 0 Å². The molecule has 0 heterocycles. The molecule has 0 aliphatic heterocycles. The third kappa shape index (κ3) is 3.98. The van der Waals surface area contributed by atoms with Gasteiger partial charge in [-0.2, -0.15) is 0 Å². The van der Waals surface area contributed by atoms with E-state index in [-0.39, 0.29) is 6.61 Å². The van der Waals surface area contributed by atoms with Crippen LogP contribution in [0.3, 0.4) is 0 Å². The smallest absolute Gasteiger partial charge is 0.337 e. The van der Waals surface area contributed by atoms with E-state index in [1.54, 1.807) is 13.8 Å². The average Bonchev–Trinajstić information content (AvgIpc) is 2.24. The number of aliphatic carboxylic acids is 1. The van der Waals surface area contributed by atoms with E-state index in [9.17, 15) is 9.59 Å². The first-order valence-corrected chi connectivity index (χ1v) is 5.56. The van der Waals surface area contributed by atoms with Crippen LogP contribution in [0.4, 0.5) is 0 Å². The van der Waals surface area contributed by atoms with Gasteiger partial charge < -0.3 is 14.9 Å². The van der Waals surface area contributed by atoms with Crippen LogP contribution < -0.4 is 0 Å². The Bertz CT molecular complexity index is 279. The molecule has 2 N–H and O–H groups in total. The van der Waals surface area contributed by atoms with E-state index in [1.165, 1.54) is 18.9 Å². The molecule has 100 valence electrons. The van der Waals surface area contributed by atoms with E-state index >= 15 is 0 Å². The van der Waals surface area contributed by atoms with Crippen LogP contribution in [0.25, 0.3) is 0 Å². The van der Waals surface area contributed by atoms with Crippen LogP contribution in [-0.4, -0.2) is 58.9 Å². The SMILES string of the molecule is CCOC(=O)C(C)(C(=O)O)N(C)CCC(C)O. The summed E-state index contributed by atoms with van der Waals surface area (Å²) in [5.41, 5.74) is -1.72. The lowest BCUT2D eigenvalue weighted by Gasteiger charge is -2.32. The molecule has 0 radical (unpaired) electrons. The Morgan fingerprint density at radius 2 is 2.00 bits per heavy atom. The number of carbonyl (C=O) groups excluding carboxylic acids is 1. The van der Waals surface area contributed by atoms with E-state index in [4.69, 9.17) is 14.9 Å². The highest BCUT2D eigenvalue weighted by molar-refractivity contribution is 6.03. The first kappa shape index (κ1) is 15.9. The van der Waals surface area contributed by atoms with Crippen LogP contribution >= 0.6 is 0 Å². The van der Waals surface area contributed by atoms with Gasteiger partial charge in [-0.1, -0.05) is 0 Å². The normalized spacial score (nSPS) is 16.4. The monoisotopic (exact) mass is 247 g/mol. The van der Waals surface area contributed by atoms with E-state index in [0.29, 0.717) is 13.0 Å². The largest absolute Gasteiger partial charge is 0.479 e. The molecule has 0 saturated carbocycles. The predicted molar refractivity (Wildman–Crippen MR) is 61.6 cm³/mol. The van der Waals surface area contributed by atoms with Crippen molar-refractivity contribution in [3.8, 4) is 0 Å². The summed E-state index contributed by atoms with van der Waals surface area (Å²) in [6, 6.07) is 0. The van der Waals surface area contributed by atoms with Crippen LogP contribution in [0, 0.1) is 0 Å². The number of hydrogen-bond donors (Lipinski definition) is 2. The van der Waals surface area contributed by atoms with Crippen molar-refractivity contribution in [3.05, 3.63) is 0 Å². The Hall–Kier alpha value is -1.14. The number of likely N-dealkylation sites (N-methyl/N-ethyl adjacent to an activating group) is 1. The van der Waals surface area contributed by atoms with E-state index in [0.717, 1.165) is 0 Å². The van der Waals surface area contributed by atoms with Crippen molar-refractivity contribution in [2.45, 2.75) is 38.8 Å². The number of carbonyl (C=O) groups is 2. The lowest BCUT2D eigenvalue weighted by molar-refractivity contribution is -0.169. The van der Waals surface area contributed by atoms with Crippen molar-refractivity contribution in [2.24, 2.45) is 0 Å². The van der Waals surface area contributed by atoms with E-state index < -0.39 is 23.6 Å². The summed E-state index contributed by atoms with van der Waals surface area (Å²) < 4.78 is 4.77. The van der Waals surface area contributed by atoms with Gasteiger partial charge in [0.15, 0.2) is 0 Å². The molecule has 2 unspecified atom stereocenters. The molecule has 0 aromatic rings. The summed E-state index contributed by atoms with van der Waals surface area (Å²) in [4.78, 5) is 24.3. The minimum Gasteiger partial charge on any atom is -0.479 e. The van der Waals surface area contributed by atoms with Crippen LogP contribution in [0.5, 0.6) is 0 Å². The number of carboxylic acids is 1. The second-order valence-electron chi connectivity index (χ2n) is 4.16. The molecule has 17 heavy (non-hydrogen) atoms. The molecule has 0 aromatic heterocycles. The maximum Gasteiger partial charge on any atom is 0.337 e. The Kier molecular flexibility index (Phi) is 6.12. The fourth-order valence-corrected chi connectivity index (χ4v) is 1.28. The summed E-state index contributed by atoms with van der Waals surface area (Å²) in [6.07, 6.45) is -0.156. The van der Waals surface area contributed by atoms with E-state index in [2.05, 4.69) is 0 Å². The zero-order chi connectivity index (χ0) is 13.6. The van der Waals surface area contributed by atoms with Crippen molar-refractivity contribution < 1.29 is 24.5 Å². The Labute approximate surface area is 101 Å². The second kappa shape index (κ2) is 6.56. The molecular weight excluding hydrogens is 226 g/mol. The number of carboxylic acid groups (broad SMARTS) is 1. The van der Waals surface area contributed by atoms with Gasteiger partial charge in [-0.05, 0) is 34.2 Å². The molecule has 0 aliphatic rings. The Balaban J connectivity index is 4.81. The maximum atomic E-state index is 11.7. The zero-order valence-electron chi connectivity index (χ0n) is 10.8. The number of aliphatic hydroxyl groups excluding tert-OH is 1. The summed E-state index contributed by atoms with van der Waals surface area (Å²) in [6.45, 7) is 4.95. The molecule has 6 heteroatoms. The highest BCUT2D eigenvalue weighted by atomic mass is 16.5. The number of esters is 1. The first-order valence-electron chi connectivity index (χ1n) is 5.56. The lowest BCUT2D eigenvalue weighted by Crippen LogP contribution is -2.57.